The highest BCUT2D eigenvalue weighted by molar-refractivity contribution is 7.92. The van der Waals surface area contributed by atoms with Crippen molar-refractivity contribution >= 4 is 60.3 Å². The average molecular weight is 792 g/mol. The number of fused-ring (bicyclic) bond motifs is 1. The van der Waals surface area contributed by atoms with Gasteiger partial charge in [-0.1, -0.05) is 18.2 Å². The summed E-state index contributed by atoms with van der Waals surface area (Å²) in [5.41, 5.74) is -0.0779. The fraction of sp³-hybridized carbons (Fsp3) is 0.444. The highest BCUT2D eigenvalue weighted by Crippen LogP contribution is 2.33. The summed E-state index contributed by atoms with van der Waals surface area (Å²) in [6.45, 7) is -1.61. The summed E-state index contributed by atoms with van der Waals surface area (Å²) in [4.78, 5) is 36.0. The molecule has 0 saturated carbocycles. The molecule has 0 aromatic heterocycles. The number of aliphatic carboxylic acids is 1. The zero-order valence-electron chi connectivity index (χ0n) is 25.2. The van der Waals surface area contributed by atoms with Gasteiger partial charge in [0.2, 0.25) is 11.8 Å². The number of carbonyl (C=O) groups excluding carboxylic acids is 2. The van der Waals surface area contributed by atoms with Gasteiger partial charge in [0.25, 0.3) is 0 Å². The van der Waals surface area contributed by atoms with Gasteiger partial charge in [0, 0.05) is 19.6 Å². The van der Waals surface area contributed by atoms with Crippen LogP contribution in [0.15, 0.2) is 47.4 Å². The zero-order chi connectivity index (χ0) is 36.2. The highest BCUT2D eigenvalue weighted by atomic mass is 32.2. The number of β-amino-alcohol motifs (C(OH)–C–C–N with tert-alkyl or cyclic N) is 1. The maximum atomic E-state index is 13.8. The Bertz CT molecular complexity index is 1620. The van der Waals surface area contributed by atoms with Crippen LogP contribution in [0.25, 0.3) is 0 Å². The number of carboxylic acid groups (broad SMARTS) is 1. The lowest BCUT2D eigenvalue weighted by molar-refractivity contribution is -0.274. The van der Waals surface area contributed by atoms with Crippen LogP contribution in [0.4, 0.5) is 45.2 Å². The molecule has 1 saturated heterocycles. The molecule has 4 rings (SSSR count). The van der Waals surface area contributed by atoms with E-state index in [0.29, 0.717) is 11.3 Å². The van der Waals surface area contributed by atoms with E-state index in [2.05, 4.69) is 10.1 Å². The molecule has 0 bridgehead atoms. The van der Waals surface area contributed by atoms with Crippen LogP contribution >= 0.6 is 27.0 Å². The van der Waals surface area contributed by atoms with E-state index in [1.807, 2.05) is 0 Å². The van der Waals surface area contributed by atoms with Crippen molar-refractivity contribution in [2.45, 2.75) is 48.6 Å². The van der Waals surface area contributed by atoms with E-state index in [9.17, 15) is 62.6 Å². The van der Waals surface area contributed by atoms with Gasteiger partial charge in [0.05, 0.1) is 29.1 Å². The van der Waals surface area contributed by atoms with Crippen LogP contribution in [-0.2, 0) is 30.6 Å². The maximum absolute atomic E-state index is 13.8. The number of aliphatic hydroxyl groups excluding tert-OH is 1. The van der Waals surface area contributed by atoms with Crippen molar-refractivity contribution in [1.29, 1.82) is 0 Å². The molecule has 2 aromatic rings. The number of benzene rings is 2. The Morgan fingerprint density at radius 2 is 1.64 bits per heavy atom. The zero-order valence-corrected chi connectivity index (χ0v) is 28.0. The Hall–Kier alpha value is -3.41. The first-order chi connectivity index (χ1) is 21.9. The third-order valence-electron chi connectivity index (χ3n) is 6.77. The SMILES string of the molecule is O=C(O)C(F)(F)F.O=C1CS(=O)(=O)c2ccc(CC(=O)N(CC(F)(F)F)[C@H](CN3CC[C@H](O)C3)c3cccc(OC(F)(F)F)c3)cc2N1.S.S. The highest BCUT2D eigenvalue weighted by Gasteiger charge is 2.40. The van der Waals surface area contributed by atoms with Gasteiger partial charge in [-0.05, 0) is 41.8 Å². The number of aliphatic hydroxyl groups is 1. The van der Waals surface area contributed by atoms with Crippen molar-refractivity contribution in [2.24, 2.45) is 0 Å². The van der Waals surface area contributed by atoms with E-state index < -0.39 is 82.9 Å². The monoisotopic (exact) mass is 791 g/mol. The molecule has 0 spiro atoms. The maximum Gasteiger partial charge on any atom is 0.573 e. The Balaban J connectivity index is 0.00000126. The molecule has 2 aliphatic rings. The predicted octanol–water partition coefficient (Wildman–Crippen LogP) is 3.91. The van der Waals surface area contributed by atoms with Gasteiger partial charge in [0.1, 0.15) is 18.0 Å². The van der Waals surface area contributed by atoms with E-state index in [1.165, 1.54) is 18.2 Å². The van der Waals surface area contributed by atoms with Crippen molar-refractivity contribution in [3.05, 3.63) is 53.6 Å². The van der Waals surface area contributed by atoms with Crippen LogP contribution in [-0.4, -0.2) is 103 Å². The summed E-state index contributed by atoms with van der Waals surface area (Å²) in [5, 5.41) is 19.4. The van der Waals surface area contributed by atoms with Crippen LogP contribution in [0.1, 0.15) is 23.6 Å². The predicted molar refractivity (Wildman–Crippen MR) is 166 cm³/mol. The van der Waals surface area contributed by atoms with Crippen molar-refractivity contribution in [2.75, 3.05) is 37.2 Å². The Morgan fingerprint density at radius 3 is 2.16 bits per heavy atom. The molecule has 2 amide bonds. The summed E-state index contributed by atoms with van der Waals surface area (Å²) >= 11 is 0. The van der Waals surface area contributed by atoms with Crippen LogP contribution < -0.4 is 10.1 Å². The van der Waals surface area contributed by atoms with Gasteiger partial charge >= 0.3 is 24.7 Å². The number of hydrogen-bond acceptors (Lipinski definition) is 8. The number of carboxylic acids is 1. The number of ether oxygens (including phenoxy) is 1. The summed E-state index contributed by atoms with van der Waals surface area (Å²) < 4.78 is 140. The second-order valence-electron chi connectivity index (χ2n) is 10.6. The molecule has 23 heteroatoms. The minimum atomic E-state index is -5.08. The molecule has 2 aromatic carbocycles. The van der Waals surface area contributed by atoms with Crippen molar-refractivity contribution in [1.82, 2.24) is 9.80 Å². The normalized spacial score (nSPS) is 17.8. The molecule has 0 aliphatic carbocycles. The number of hydrogen-bond donors (Lipinski definition) is 3. The Labute approximate surface area is 292 Å². The standard InChI is InChI=1S/C25H25F6N3O6S.C2HF3O2.2H2S/c26-24(27,28)14-34(23(37)9-15-4-5-21-19(8-15)32-22(36)13-41(21,38)39)20(12-33-7-6-17(35)11-33)16-2-1-3-18(10-16)40-25(29,30)31;3-2(4,5)1(6)7;;/h1-5,8,10,17,20,35H,6-7,9,11-14H2,(H,32,36);(H,6,7);2*1H2/t17-,20+;;;/m0.../s1. The van der Waals surface area contributed by atoms with Crippen LogP contribution in [0.3, 0.4) is 0 Å². The third-order valence-corrected chi connectivity index (χ3v) is 8.44. The number of likely N-dealkylation sites (tertiary alicyclic amines) is 1. The summed E-state index contributed by atoms with van der Waals surface area (Å²) in [6.07, 6.45) is -16.1. The molecule has 11 nitrogen and oxygen atoms in total. The number of alkyl halides is 9. The minimum Gasteiger partial charge on any atom is -0.475 e. The van der Waals surface area contributed by atoms with Gasteiger partial charge in [-0.25, -0.2) is 13.2 Å². The number of amides is 2. The number of anilines is 1. The molecule has 50 heavy (non-hydrogen) atoms. The number of halogens is 9. The molecule has 2 aliphatic heterocycles. The first-order valence-corrected chi connectivity index (χ1v) is 15.2. The number of sulfone groups is 1. The summed E-state index contributed by atoms with van der Waals surface area (Å²) in [7, 11) is -3.94. The molecule has 2 atom stereocenters. The fourth-order valence-electron chi connectivity index (χ4n) is 4.86. The largest absolute Gasteiger partial charge is 0.573 e. The second-order valence-corrected chi connectivity index (χ2v) is 12.6. The van der Waals surface area contributed by atoms with E-state index in [-0.39, 0.29) is 68.3 Å². The lowest BCUT2D eigenvalue weighted by Crippen LogP contribution is -2.46. The van der Waals surface area contributed by atoms with Gasteiger partial charge in [-0.3, -0.25) is 14.5 Å². The average Bonchev–Trinajstić information content (AvgIpc) is 3.32. The van der Waals surface area contributed by atoms with Crippen molar-refractivity contribution in [3.8, 4) is 5.75 Å². The smallest absolute Gasteiger partial charge is 0.475 e. The number of rotatable bonds is 8. The third kappa shape index (κ3) is 13.4. The molecule has 1 fully saturated rings. The van der Waals surface area contributed by atoms with Gasteiger partial charge in [-0.15, -0.1) is 13.2 Å². The topological polar surface area (TPSA) is 154 Å². The second kappa shape index (κ2) is 17.2. The number of nitrogens with zero attached hydrogens (tertiary/aromatic N) is 2. The van der Waals surface area contributed by atoms with Crippen molar-refractivity contribution < 1.29 is 77.3 Å². The first-order valence-electron chi connectivity index (χ1n) is 13.5. The molecule has 0 radical (unpaired) electrons. The fourth-order valence-corrected chi connectivity index (χ4v) is 6.15. The van der Waals surface area contributed by atoms with E-state index in [0.717, 1.165) is 24.3 Å². The van der Waals surface area contributed by atoms with Crippen LogP contribution in [0.5, 0.6) is 5.75 Å². The van der Waals surface area contributed by atoms with E-state index >= 15 is 0 Å². The Morgan fingerprint density at radius 1 is 1.02 bits per heavy atom. The molecule has 282 valence electrons. The molecular weight excluding hydrogens is 761 g/mol. The molecular formula is C27H30F9N3O8S3. The van der Waals surface area contributed by atoms with Gasteiger partial charge in [0.15, 0.2) is 9.84 Å². The number of carbonyl (C=O) groups is 3. The molecule has 3 N–H and O–H groups in total. The lowest BCUT2D eigenvalue weighted by Gasteiger charge is -2.35. The van der Waals surface area contributed by atoms with E-state index in [1.54, 1.807) is 4.90 Å². The summed E-state index contributed by atoms with van der Waals surface area (Å²) in [6, 6.07) is 6.46. The molecule has 2 heterocycles. The quantitative estimate of drug-likeness (QED) is 0.338. The van der Waals surface area contributed by atoms with Crippen LogP contribution in [0.2, 0.25) is 0 Å². The van der Waals surface area contributed by atoms with E-state index in [4.69, 9.17) is 9.90 Å². The lowest BCUT2D eigenvalue weighted by atomic mass is 10.0. The number of nitrogens with one attached hydrogen (secondary N) is 1. The Kier molecular flexibility index (Phi) is 15.3. The first kappa shape index (κ1) is 44.6. The van der Waals surface area contributed by atoms with Crippen LogP contribution in [0, 0.1) is 0 Å². The molecule has 0 unspecified atom stereocenters. The summed E-state index contributed by atoms with van der Waals surface area (Å²) in [5.74, 6) is -6.09. The van der Waals surface area contributed by atoms with Gasteiger partial charge < -0.3 is 25.2 Å². The van der Waals surface area contributed by atoms with Gasteiger partial charge in [-0.2, -0.15) is 53.3 Å². The minimum absolute atomic E-state index is 0. The van der Waals surface area contributed by atoms with Crippen molar-refractivity contribution in [3.63, 3.8) is 0 Å².